The number of ether oxygens (including phenoxy) is 2. The van der Waals surface area contributed by atoms with E-state index in [0.717, 1.165) is 41.0 Å². The highest BCUT2D eigenvalue weighted by Crippen LogP contribution is 2.31. The van der Waals surface area contributed by atoms with Gasteiger partial charge in [-0.3, -0.25) is 4.79 Å². The zero-order chi connectivity index (χ0) is 20.2. The van der Waals surface area contributed by atoms with Gasteiger partial charge in [-0.05, 0) is 35.7 Å². The second-order valence-electron chi connectivity index (χ2n) is 7.58. The van der Waals surface area contributed by atoms with Gasteiger partial charge in [0.15, 0.2) is 11.5 Å². The number of imidazole rings is 1. The molecule has 152 valence electrons. The average Bonchev–Trinajstić information content (AvgIpc) is 3.02. The average molecular weight is 393 g/mol. The molecule has 0 saturated carbocycles. The molecule has 29 heavy (non-hydrogen) atoms. The van der Waals surface area contributed by atoms with Crippen LogP contribution in [-0.4, -0.2) is 29.1 Å². The predicted octanol–water partition coefficient (Wildman–Crippen LogP) is 4.17. The normalized spacial score (nSPS) is 15.5. The summed E-state index contributed by atoms with van der Waals surface area (Å²) >= 11 is 0. The summed E-state index contributed by atoms with van der Waals surface area (Å²) in [5.41, 5.74) is 2.79. The monoisotopic (exact) mass is 393 g/mol. The molecule has 0 spiro atoms. The maximum Gasteiger partial charge on any atom is 0.225 e. The molecule has 0 fully saturated rings. The van der Waals surface area contributed by atoms with Crippen LogP contribution in [0.25, 0.3) is 11.0 Å². The number of H-pyrrole nitrogens is 1. The van der Waals surface area contributed by atoms with Gasteiger partial charge in [-0.25, -0.2) is 4.98 Å². The lowest BCUT2D eigenvalue weighted by atomic mass is 9.98. The first-order chi connectivity index (χ1) is 14.1. The van der Waals surface area contributed by atoms with Gasteiger partial charge < -0.3 is 19.8 Å². The molecule has 2 heterocycles. The maximum absolute atomic E-state index is 12.8. The summed E-state index contributed by atoms with van der Waals surface area (Å²) in [7, 11) is 0. The zero-order valence-electron chi connectivity index (χ0n) is 16.9. The summed E-state index contributed by atoms with van der Waals surface area (Å²) in [4.78, 5) is 20.9. The topological polar surface area (TPSA) is 76.2 Å². The van der Waals surface area contributed by atoms with Crippen LogP contribution in [0.1, 0.15) is 44.1 Å². The molecule has 0 unspecified atom stereocenters. The predicted molar refractivity (Wildman–Crippen MR) is 112 cm³/mol. The van der Waals surface area contributed by atoms with Crippen LogP contribution in [-0.2, 0) is 11.2 Å². The summed E-state index contributed by atoms with van der Waals surface area (Å²) in [6.07, 6.45) is 2.08. The van der Waals surface area contributed by atoms with Crippen molar-refractivity contribution in [3.05, 3.63) is 53.9 Å². The van der Waals surface area contributed by atoms with Crippen molar-refractivity contribution in [2.24, 2.45) is 5.92 Å². The molecule has 0 bridgehead atoms. The van der Waals surface area contributed by atoms with Crippen LogP contribution in [0.3, 0.4) is 0 Å². The molecular formula is C23H27N3O3. The Kier molecular flexibility index (Phi) is 5.69. The number of aromatic amines is 1. The van der Waals surface area contributed by atoms with Crippen LogP contribution in [0, 0.1) is 5.92 Å². The second-order valence-corrected chi connectivity index (χ2v) is 7.58. The first kappa shape index (κ1) is 19.3. The van der Waals surface area contributed by atoms with Crippen molar-refractivity contribution in [3.63, 3.8) is 0 Å². The van der Waals surface area contributed by atoms with Crippen molar-refractivity contribution in [3.8, 4) is 11.5 Å². The van der Waals surface area contributed by atoms with E-state index in [1.54, 1.807) is 0 Å². The molecule has 2 N–H and O–H groups in total. The second kappa shape index (κ2) is 8.55. The van der Waals surface area contributed by atoms with E-state index >= 15 is 0 Å². The lowest BCUT2D eigenvalue weighted by Crippen LogP contribution is -2.34. The summed E-state index contributed by atoms with van der Waals surface area (Å²) in [6.45, 7) is 5.54. The lowest BCUT2D eigenvalue weighted by molar-refractivity contribution is -0.121. The molecule has 6 heteroatoms. The Morgan fingerprint density at radius 3 is 2.76 bits per heavy atom. The highest BCUT2D eigenvalue weighted by molar-refractivity contribution is 5.80. The van der Waals surface area contributed by atoms with Gasteiger partial charge in [0.1, 0.15) is 5.82 Å². The van der Waals surface area contributed by atoms with Crippen molar-refractivity contribution >= 4 is 16.9 Å². The largest absolute Gasteiger partial charge is 0.490 e. The third-order valence-corrected chi connectivity index (χ3v) is 5.41. The van der Waals surface area contributed by atoms with E-state index in [2.05, 4.69) is 24.1 Å². The Morgan fingerprint density at radius 2 is 1.97 bits per heavy atom. The van der Waals surface area contributed by atoms with Gasteiger partial charge in [0, 0.05) is 6.42 Å². The molecule has 0 radical (unpaired) electrons. The van der Waals surface area contributed by atoms with Gasteiger partial charge in [0.25, 0.3) is 0 Å². The highest BCUT2D eigenvalue weighted by atomic mass is 16.5. The van der Waals surface area contributed by atoms with Gasteiger partial charge in [0.2, 0.25) is 5.91 Å². The molecule has 1 aliphatic rings. The van der Waals surface area contributed by atoms with Crippen molar-refractivity contribution in [2.45, 2.75) is 39.2 Å². The number of hydrogen-bond donors (Lipinski definition) is 2. The number of nitrogens with one attached hydrogen (secondary N) is 2. The molecule has 0 saturated heterocycles. The molecule has 6 nitrogen and oxygen atoms in total. The smallest absolute Gasteiger partial charge is 0.225 e. The zero-order valence-corrected chi connectivity index (χ0v) is 16.9. The van der Waals surface area contributed by atoms with E-state index in [4.69, 9.17) is 14.5 Å². The van der Waals surface area contributed by atoms with E-state index in [-0.39, 0.29) is 24.3 Å². The quantitative estimate of drug-likeness (QED) is 0.659. The molecule has 2 atom stereocenters. The Bertz CT molecular complexity index is 965. The van der Waals surface area contributed by atoms with Gasteiger partial charge in [-0.15, -0.1) is 0 Å². The fourth-order valence-corrected chi connectivity index (χ4v) is 3.56. The maximum atomic E-state index is 12.8. The summed E-state index contributed by atoms with van der Waals surface area (Å²) in [5.74, 6) is 2.47. The molecule has 1 amide bonds. The Morgan fingerprint density at radius 1 is 1.17 bits per heavy atom. The van der Waals surface area contributed by atoms with Gasteiger partial charge >= 0.3 is 0 Å². The number of aromatic nitrogens is 2. The van der Waals surface area contributed by atoms with E-state index in [0.29, 0.717) is 19.0 Å². The molecule has 1 aliphatic heterocycles. The van der Waals surface area contributed by atoms with Gasteiger partial charge in [-0.1, -0.05) is 38.5 Å². The number of hydrogen-bond acceptors (Lipinski definition) is 4. The van der Waals surface area contributed by atoms with Crippen LogP contribution in [0.4, 0.5) is 0 Å². The van der Waals surface area contributed by atoms with Crippen LogP contribution >= 0.6 is 0 Å². The third-order valence-electron chi connectivity index (χ3n) is 5.41. The van der Waals surface area contributed by atoms with Crippen molar-refractivity contribution in [1.29, 1.82) is 0 Å². The Balaban J connectivity index is 1.50. The summed E-state index contributed by atoms with van der Waals surface area (Å²) < 4.78 is 11.4. The van der Waals surface area contributed by atoms with E-state index < -0.39 is 0 Å². The van der Waals surface area contributed by atoms with Crippen LogP contribution in [0.15, 0.2) is 42.5 Å². The standard InChI is InChI=1S/C23H27N3O3/c1-3-15(2)22(23-24-17-7-4-5-8-18(17)25-23)26-21(27)14-16-9-10-19-20(13-16)29-12-6-11-28-19/h4-5,7-10,13,15,22H,3,6,11-12,14H2,1-2H3,(H,24,25)(H,26,27)/t15-,22+/m0/s1. The van der Waals surface area contributed by atoms with Gasteiger partial charge in [-0.2, -0.15) is 0 Å². The Labute approximate surface area is 170 Å². The Hall–Kier alpha value is -3.02. The minimum Gasteiger partial charge on any atom is -0.490 e. The summed E-state index contributed by atoms with van der Waals surface area (Å²) in [5, 5.41) is 3.18. The van der Waals surface area contributed by atoms with Crippen LogP contribution in [0.5, 0.6) is 11.5 Å². The minimum atomic E-state index is -0.166. The number of benzene rings is 2. The fourth-order valence-electron chi connectivity index (χ4n) is 3.56. The van der Waals surface area contributed by atoms with Crippen molar-refractivity contribution < 1.29 is 14.3 Å². The molecule has 0 aliphatic carbocycles. The minimum absolute atomic E-state index is 0.0368. The van der Waals surface area contributed by atoms with Crippen LogP contribution < -0.4 is 14.8 Å². The number of amides is 1. The number of carbonyl (C=O) groups is 1. The number of rotatable bonds is 6. The van der Waals surface area contributed by atoms with E-state index in [1.165, 1.54) is 0 Å². The highest BCUT2D eigenvalue weighted by Gasteiger charge is 2.24. The van der Waals surface area contributed by atoms with Crippen molar-refractivity contribution in [1.82, 2.24) is 15.3 Å². The van der Waals surface area contributed by atoms with Crippen molar-refractivity contribution in [2.75, 3.05) is 13.2 Å². The number of fused-ring (bicyclic) bond motifs is 2. The van der Waals surface area contributed by atoms with Crippen LogP contribution in [0.2, 0.25) is 0 Å². The van der Waals surface area contributed by atoms with Gasteiger partial charge in [0.05, 0.1) is 36.7 Å². The molecule has 1 aromatic heterocycles. The molecular weight excluding hydrogens is 366 g/mol. The van der Waals surface area contributed by atoms with E-state index in [9.17, 15) is 4.79 Å². The third kappa shape index (κ3) is 4.36. The van der Waals surface area contributed by atoms with E-state index in [1.807, 2.05) is 42.5 Å². The first-order valence-electron chi connectivity index (χ1n) is 10.3. The SMILES string of the molecule is CC[C@H](C)[C@@H](NC(=O)Cc1ccc2c(c1)OCCCO2)c1nc2ccccc2[nH]1. The first-order valence-corrected chi connectivity index (χ1v) is 10.3. The number of para-hydroxylation sites is 2. The molecule has 4 rings (SSSR count). The lowest BCUT2D eigenvalue weighted by Gasteiger charge is -2.22. The number of nitrogens with zero attached hydrogens (tertiary/aromatic N) is 1. The fraction of sp³-hybridized carbons (Fsp3) is 0.391. The molecule has 2 aromatic carbocycles. The number of carbonyl (C=O) groups excluding carboxylic acids is 1. The molecule has 3 aromatic rings. The summed E-state index contributed by atoms with van der Waals surface area (Å²) in [6, 6.07) is 13.5.